The second-order valence-electron chi connectivity index (χ2n) is 16.6. The van der Waals surface area contributed by atoms with Crippen LogP contribution in [0.15, 0.2) is 224 Å². The first-order chi connectivity index (χ1) is 31.1. The molecule has 0 saturated heterocycles. The molecule has 0 spiro atoms. The predicted octanol–water partition coefficient (Wildman–Crippen LogP) is 16.2. The molecule has 0 aliphatic heterocycles. The molecule has 1 aliphatic carbocycles. The number of nitrogens with zero attached hydrogens (tertiary/aromatic N) is 2. The van der Waals surface area contributed by atoms with E-state index in [0.29, 0.717) is 5.82 Å². The van der Waals surface area contributed by atoms with Gasteiger partial charge in [0.25, 0.3) is 0 Å². The first kappa shape index (κ1) is 37.1. The molecule has 1 unspecified atom stereocenters. The zero-order valence-corrected chi connectivity index (χ0v) is 35.5. The third-order valence-corrected chi connectivity index (χ3v) is 14.1. The molecule has 63 heavy (non-hydrogen) atoms. The van der Waals surface area contributed by atoms with Crippen molar-refractivity contribution in [1.29, 1.82) is 0 Å². The van der Waals surface area contributed by atoms with Crippen molar-refractivity contribution < 1.29 is 0 Å². The maximum atomic E-state index is 5.46. The molecule has 1 atom stereocenters. The summed E-state index contributed by atoms with van der Waals surface area (Å²) >= 11 is 1.85. The van der Waals surface area contributed by atoms with E-state index in [-0.39, 0.29) is 0 Å². The van der Waals surface area contributed by atoms with Crippen molar-refractivity contribution in [2.45, 2.75) is 12.3 Å². The Kier molecular flexibility index (Phi) is 8.84. The SMILES string of the molecule is CC1(c2ccccc2)c2ccccc2-c2cccc(-c3cc(-c4cc(-c5ccc6sc7ccccc7c6c5)cc(-c5ccccc5-c5ccccc5)c4)nc(-c4ccccc4)n3)c21. The topological polar surface area (TPSA) is 25.8 Å². The lowest BCUT2D eigenvalue weighted by atomic mass is 9.72. The summed E-state index contributed by atoms with van der Waals surface area (Å²) in [6.45, 7) is 2.38. The summed E-state index contributed by atoms with van der Waals surface area (Å²) in [5, 5.41) is 2.57. The second-order valence-corrected chi connectivity index (χ2v) is 17.7. The number of rotatable bonds is 7. The van der Waals surface area contributed by atoms with Crippen molar-refractivity contribution in [3.05, 3.63) is 241 Å². The molecule has 0 bridgehead atoms. The van der Waals surface area contributed by atoms with Gasteiger partial charge in [0.2, 0.25) is 0 Å². The highest BCUT2D eigenvalue weighted by molar-refractivity contribution is 7.25. The Bertz CT molecular complexity index is 3520. The van der Waals surface area contributed by atoms with Gasteiger partial charge in [-0.3, -0.25) is 0 Å². The fourth-order valence-corrected chi connectivity index (χ4v) is 11.0. The number of benzene rings is 9. The van der Waals surface area contributed by atoms with Crippen LogP contribution in [0.4, 0.5) is 0 Å². The molecule has 296 valence electrons. The minimum Gasteiger partial charge on any atom is -0.228 e. The zero-order valence-electron chi connectivity index (χ0n) is 34.7. The molecule has 2 heterocycles. The minimum absolute atomic E-state index is 0.402. The van der Waals surface area contributed by atoms with E-state index in [2.05, 4.69) is 225 Å². The van der Waals surface area contributed by atoms with E-state index in [9.17, 15) is 0 Å². The van der Waals surface area contributed by atoms with Crippen molar-refractivity contribution in [2.75, 3.05) is 0 Å². The van der Waals surface area contributed by atoms with Gasteiger partial charge in [0.05, 0.1) is 11.4 Å². The molecule has 0 saturated carbocycles. The predicted molar refractivity (Wildman–Crippen MR) is 265 cm³/mol. The van der Waals surface area contributed by atoms with Crippen LogP contribution in [0.5, 0.6) is 0 Å². The first-order valence-corrected chi connectivity index (χ1v) is 22.4. The Balaban J connectivity index is 1.12. The van der Waals surface area contributed by atoms with Gasteiger partial charge in [0.15, 0.2) is 5.82 Å². The third-order valence-electron chi connectivity index (χ3n) is 13.0. The van der Waals surface area contributed by atoms with Gasteiger partial charge < -0.3 is 0 Å². The lowest BCUT2D eigenvalue weighted by molar-refractivity contribution is 0.715. The van der Waals surface area contributed by atoms with Crippen LogP contribution in [-0.4, -0.2) is 9.97 Å². The Labute approximate surface area is 371 Å². The van der Waals surface area contributed by atoms with Crippen LogP contribution in [0, 0.1) is 0 Å². The molecule has 2 aromatic heterocycles. The lowest BCUT2D eigenvalue weighted by Crippen LogP contribution is -2.23. The van der Waals surface area contributed by atoms with E-state index < -0.39 is 5.41 Å². The normalized spacial score (nSPS) is 14.2. The van der Waals surface area contributed by atoms with Gasteiger partial charge in [0, 0.05) is 42.3 Å². The number of aromatic nitrogens is 2. The fraction of sp³-hybridized carbons (Fsp3) is 0.0333. The van der Waals surface area contributed by atoms with Gasteiger partial charge in [-0.25, -0.2) is 9.97 Å². The summed E-state index contributed by atoms with van der Waals surface area (Å²) < 4.78 is 2.59. The van der Waals surface area contributed by atoms with Crippen LogP contribution in [-0.2, 0) is 5.41 Å². The summed E-state index contributed by atoms with van der Waals surface area (Å²) in [7, 11) is 0. The molecule has 9 aromatic carbocycles. The Morgan fingerprint density at radius 3 is 1.71 bits per heavy atom. The van der Waals surface area contributed by atoms with Crippen LogP contribution < -0.4 is 0 Å². The highest BCUT2D eigenvalue weighted by atomic mass is 32.1. The van der Waals surface area contributed by atoms with E-state index >= 15 is 0 Å². The van der Waals surface area contributed by atoms with Crippen LogP contribution in [0.3, 0.4) is 0 Å². The average molecular weight is 821 g/mol. The fourth-order valence-electron chi connectivity index (χ4n) is 9.95. The lowest BCUT2D eigenvalue weighted by Gasteiger charge is -2.30. The van der Waals surface area contributed by atoms with Crippen molar-refractivity contribution in [3.8, 4) is 78.4 Å². The third kappa shape index (κ3) is 6.23. The number of hydrogen-bond acceptors (Lipinski definition) is 3. The van der Waals surface area contributed by atoms with Crippen LogP contribution in [0.25, 0.3) is 98.6 Å². The van der Waals surface area contributed by atoms with Crippen LogP contribution in [0.1, 0.15) is 23.6 Å². The van der Waals surface area contributed by atoms with Gasteiger partial charge in [-0.15, -0.1) is 11.3 Å². The molecule has 3 heteroatoms. The van der Waals surface area contributed by atoms with E-state index in [0.717, 1.165) is 39.2 Å². The summed E-state index contributed by atoms with van der Waals surface area (Å²) in [5.74, 6) is 0.695. The molecule has 12 rings (SSSR count). The van der Waals surface area contributed by atoms with Crippen molar-refractivity contribution in [1.82, 2.24) is 9.97 Å². The second kappa shape index (κ2) is 15.0. The minimum atomic E-state index is -0.402. The molecule has 0 radical (unpaired) electrons. The average Bonchev–Trinajstić information content (AvgIpc) is 3.87. The van der Waals surface area contributed by atoms with Gasteiger partial charge in [-0.1, -0.05) is 182 Å². The molecular weight excluding hydrogens is 781 g/mol. The Hall–Kier alpha value is -7.72. The number of hydrogen-bond donors (Lipinski definition) is 0. The molecule has 11 aromatic rings. The van der Waals surface area contributed by atoms with E-state index in [1.54, 1.807) is 0 Å². The van der Waals surface area contributed by atoms with E-state index in [4.69, 9.17) is 9.97 Å². The summed E-state index contributed by atoms with van der Waals surface area (Å²) in [6, 6.07) is 81.3. The van der Waals surface area contributed by atoms with Gasteiger partial charge >= 0.3 is 0 Å². The summed E-state index contributed by atoms with van der Waals surface area (Å²) in [4.78, 5) is 10.9. The maximum Gasteiger partial charge on any atom is 0.160 e. The Morgan fingerprint density at radius 1 is 0.349 bits per heavy atom. The smallest absolute Gasteiger partial charge is 0.160 e. The zero-order chi connectivity index (χ0) is 41.9. The van der Waals surface area contributed by atoms with Crippen molar-refractivity contribution in [2.24, 2.45) is 0 Å². The van der Waals surface area contributed by atoms with Gasteiger partial charge in [0.1, 0.15) is 0 Å². The summed E-state index contributed by atoms with van der Waals surface area (Å²) in [6.07, 6.45) is 0. The maximum absolute atomic E-state index is 5.46. The Morgan fingerprint density at radius 2 is 0.921 bits per heavy atom. The molecule has 2 nitrogen and oxygen atoms in total. The standard InChI is InChI=1S/C60H40N2S/c1-60(45-22-9-4-10-23-45)53-30-15-13-26-48(53)50-28-17-29-51(58(50)60)55-38-54(61-59(62-55)40-20-7-3-8-21-40)44-35-42(41-32-33-57-52(37-41)49-27-14-16-31-56(49)63-57)34-43(36-44)47-25-12-11-24-46(47)39-18-5-2-6-19-39/h2-38H,1H3. The van der Waals surface area contributed by atoms with Crippen LogP contribution in [0.2, 0.25) is 0 Å². The van der Waals surface area contributed by atoms with E-state index in [1.165, 1.54) is 70.2 Å². The highest BCUT2D eigenvalue weighted by Gasteiger charge is 2.42. The molecule has 0 amide bonds. The molecule has 1 aliphatic rings. The first-order valence-electron chi connectivity index (χ1n) is 21.6. The highest BCUT2D eigenvalue weighted by Crippen LogP contribution is 2.55. The molecule has 0 fully saturated rings. The van der Waals surface area contributed by atoms with Crippen molar-refractivity contribution in [3.63, 3.8) is 0 Å². The van der Waals surface area contributed by atoms with Crippen LogP contribution >= 0.6 is 11.3 Å². The van der Waals surface area contributed by atoms with Gasteiger partial charge in [-0.05, 0) is 111 Å². The van der Waals surface area contributed by atoms with E-state index in [1.807, 2.05) is 17.4 Å². The monoisotopic (exact) mass is 820 g/mol. The van der Waals surface area contributed by atoms with Gasteiger partial charge in [-0.2, -0.15) is 0 Å². The summed E-state index contributed by atoms with van der Waals surface area (Å²) in [5.41, 5.74) is 17.8. The van der Waals surface area contributed by atoms with Crippen molar-refractivity contribution >= 4 is 31.5 Å². The quantitative estimate of drug-likeness (QED) is 0.160. The largest absolute Gasteiger partial charge is 0.228 e. The molecular formula is C60H40N2S. The number of thiophene rings is 1. The number of fused-ring (bicyclic) bond motifs is 6. The molecule has 0 N–H and O–H groups in total.